The molecule has 2 heterocycles. The van der Waals surface area contributed by atoms with Gasteiger partial charge in [0.15, 0.2) is 0 Å². The molecule has 0 bridgehead atoms. The summed E-state index contributed by atoms with van der Waals surface area (Å²) in [4.78, 5) is 2.62. The van der Waals surface area contributed by atoms with E-state index in [1.165, 1.54) is 69.9 Å². The molecule has 1 saturated carbocycles. The largest absolute Gasteiger partial charge is 0.370 e. The van der Waals surface area contributed by atoms with Gasteiger partial charge in [-0.15, -0.1) is 0 Å². The minimum absolute atomic E-state index is 0.319. The maximum absolute atomic E-state index is 6.39. The van der Waals surface area contributed by atoms with E-state index in [2.05, 4.69) is 20.8 Å². The first kappa shape index (κ1) is 12.4. The van der Waals surface area contributed by atoms with Crippen LogP contribution in [0.5, 0.6) is 0 Å². The van der Waals surface area contributed by atoms with Crippen LogP contribution in [0.25, 0.3) is 0 Å². The van der Waals surface area contributed by atoms with E-state index < -0.39 is 0 Å². The van der Waals surface area contributed by atoms with Gasteiger partial charge in [0.25, 0.3) is 0 Å². The third-order valence-electron chi connectivity index (χ3n) is 4.90. The minimum Gasteiger partial charge on any atom is -0.370 e. The predicted molar refractivity (Wildman–Crippen MR) is 73.6 cm³/mol. The van der Waals surface area contributed by atoms with Crippen LogP contribution in [0, 0.1) is 5.92 Å². The molecule has 2 nitrogen and oxygen atoms in total. The van der Waals surface area contributed by atoms with E-state index in [1.54, 1.807) is 0 Å². The Morgan fingerprint density at radius 2 is 2.00 bits per heavy atom. The first-order chi connectivity index (χ1) is 8.30. The molecule has 2 atom stereocenters. The lowest BCUT2D eigenvalue weighted by atomic mass is 9.98. The number of alkyl halides is 1. The van der Waals surface area contributed by atoms with Gasteiger partial charge in [-0.2, -0.15) is 0 Å². The maximum Gasteiger partial charge on any atom is 0.0710 e. The second-order valence-electron chi connectivity index (χ2n) is 6.24. The first-order valence-electron chi connectivity index (χ1n) is 7.26. The van der Waals surface area contributed by atoms with E-state index in [0.29, 0.717) is 11.7 Å². The zero-order chi connectivity index (χ0) is 11.7. The summed E-state index contributed by atoms with van der Waals surface area (Å²) in [6.45, 7) is 3.74. The molecule has 17 heavy (non-hydrogen) atoms. The van der Waals surface area contributed by atoms with E-state index in [9.17, 15) is 0 Å². The lowest BCUT2D eigenvalue weighted by Crippen LogP contribution is -2.33. The van der Waals surface area contributed by atoms with Gasteiger partial charge in [-0.25, -0.2) is 0 Å². The fourth-order valence-electron chi connectivity index (χ4n) is 3.90. The molecule has 0 aromatic carbocycles. The number of rotatable bonds is 3. The molecular formula is C14H24BrNO. The summed E-state index contributed by atoms with van der Waals surface area (Å²) < 4.78 is 6.39. The smallest absolute Gasteiger partial charge is 0.0710 e. The van der Waals surface area contributed by atoms with Gasteiger partial charge >= 0.3 is 0 Å². The van der Waals surface area contributed by atoms with Crippen LogP contribution in [0.4, 0.5) is 0 Å². The summed E-state index contributed by atoms with van der Waals surface area (Å²) in [6, 6.07) is 0. The molecule has 1 aliphatic carbocycles. The van der Waals surface area contributed by atoms with E-state index in [4.69, 9.17) is 4.74 Å². The van der Waals surface area contributed by atoms with Crippen molar-refractivity contribution in [2.24, 2.45) is 5.92 Å². The first-order valence-corrected chi connectivity index (χ1v) is 8.38. The fraction of sp³-hybridized carbons (Fsp3) is 1.00. The number of ether oxygens (including phenoxy) is 1. The molecule has 2 saturated heterocycles. The van der Waals surface area contributed by atoms with E-state index in [1.807, 2.05) is 0 Å². The van der Waals surface area contributed by atoms with Crippen LogP contribution in [0.1, 0.15) is 44.9 Å². The van der Waals surface area contributed by atoms with Crippen molar-refractivity contribution in [3.05, 3.63) is 0 Å². The van der Waals surface area contributed by atoms with Crippen molar-refractivity contribution in [1.29, 1.82) is 0 Å². The van der Waals surface area contributed by atoms with Crippen molar-refractivity contribution in [2.45, 2.75) is 56.7 Å². The number of nitrogens with zero attached hydrogens (tertiary/aromatic N) is 1. The Hall–Kier alpha value is 0.400. The summed E-state index contributed by atoms with van der Waals surface area (Å²) in [5, 5.41) is 1.17. The van der Waals surface area contributed by atoms with E-state index in [-0.39, 0.29) is 0 Å². The average molecular weight is 302 g/mol. The van der Waals surface area contributed by atoms with Crippen molar-refractivity contribution in [3.63, 3.8) is 0 Å². The molecule has 2 aliphatic heterocycles. The molecule has 98 valence electrons. The number of hydrogen-bond acceptors (Lipinski definition) is 2. The number of halogens is 1. The molecular weight excluding hydrogens is 278 g/mol. The third kappa shape index (κ3) is 2.71. The molecule has 0 aromatic heterocycles. The zero-order valence-corrected chi connectivity index (χ0v) is 12.3. The van der Waals surface area contributed by atoms with Gasteiger partial charge in [0.2, 0.25) is 0 Å². The molecule has 1 spiro atoms. The molecule has 2 unspecified atom stereocenters. The van der Waals surface area contributed by atoms with Crippen LogP contribution in [0.2, 0.25) is 0 Å². The van der Waals surface area contributed by atoms with Crippen molar-refractivity contribution >= 4 is 15.9 Å². The number of likely N-dealkylation sites (tertiary alicyclic amines) is 1. The van der Waals surface area contributed by atoms with Crippen molar-refractivity contribution in [2.75, 3.05) is 25.0 Å². The van der Waals surface area contributed by atoms with Crippen molar-refractivity contribution in [3.8, 4) is 0 Å². The van der Waals surface area contributed by atoms with Gasteiger partial charge in [0.05, 0.1) is 11.7 Å². The monoisotopic (exact) mass is 301 g/mol. The standard InChI is InChI=1S/C14H24BrNO/c15-9-12-4-8-16(10-12)11-13-3-7-14(17-13)5-1-2-6-14/h12-13H,1-11H2. The van der Waals surface area contributed by atoms with E-state index in [0.717, 1.165) is 5.92 Å². The Balaban J connectivity index is 1.47. The summed E-state index contributed by atoms with van der Waals surface area (Å²) in [5.41, 5.74) is 0.319. The summed E-state index contributed by atoms with van der Waals surface area (Å²) in [6.07, 6.45) is 9.96. The fourth-order valence-corrected chi connectivity index (χ4v) is 4.43. The molecule has 0 N–H and O–H groups in total. The highest BCUT2D eigenvalue weighted by Gasteiger charge is 2.42. The topological polar surface area (TPSA) is 12.5 Å². The summed E-state index contributed by atoms with van der Waals surface area (Å²) in [7, 11) is 0. The Morgan fingerprint density at radius 1 is 1.18 bits per heavy atom. The lowest BCUT2D eigenvalue weighted by Gasteiger charge is -2.26. The number of hydrogen-bond donors (Lipinski definition) is 0. The second kappa shape index (κ2) is 5.18. The van der Waals surface area contributed by atoms with Gasteiger partial charge < -0.3 is 9.64 Å². The Labute approximate surface area is 113 Å². The molecule has 3 rings (SSSR count). The molecule has 0 radical (unpaired) electrons. The van der Waals surface area contributed by atoms with Crippen LogP contribution in [0.3, 0.4) is 0 Å². The highest BCUT2D eigenvalue weighted by Crippen LogP contribution is 2.43. The molecule has 0 aromatic rings. The second-order valence-corrected chi connectivity index (χ2v) is 6.88. The van der Waals surface area contributed by atoms with Crippen molar-refractivity contribution in [1.82, 2.24) is 4.90 Å². The van der Waals surface area contributed by atoms with Crippen LogP contribution in [0.15, 0.2) is 0 Å². The van der Waals surface area contributed by atoms with Crippen LogP contribution in [-0.4, -0.2) is 41.6 Å². The maximum atomic E-state index is 6.39. The summed E-state index contributed by atoms with van der Waals surface area (Å²) >= 11 is 3.61. The highest BCUT2D eigenvalue weighted by molar-refractivity contribution is 9.09. The van der Waals surface area contributed by atoms with Crippen LogP contribution >= 0.6 is 15.9 Å². The Bertz CT molecular complexity index is 265. The summed E-state index contributed by atoms with van der Waals surface area (Å²) in [5.74, 6) is 0.872. The van der Waals surface area contributed by atoms with Gasteiger partial charge in [0, 0.05) is 18.4 Å². The third-order valence-corrected chi connectivity index (χ3v) is 5.82. The Kier molecular flexibility index (Phi) is 3.79. The van der Waals surface area contributed by atoms with Gasteiger partial charge in [0.1, 0.15) is 0 Å². The van der Waals surface area contributed by atoms with E-state index >= 15 is 0 Å². The van der Waals surface area contributed by atoms with Gasteiger partial charge in [-0.3, -0.25) is 0 Å². The lowest BCUT2D eigenvalue weighted by molar-refractivity contribution is -0.0455. The molecule has 0 amide bonds. The van der Waals surface area contributed by atoms with Crippen molar-refractivity contribution < 1.29 is 4.74 Å². The predicted octanol–water partition coefficient (Wildman–Crippen LogP) is 3.20. The SMILES string of the molecule is BrCC1CCN(CC2CCC3(CCCC3)O2)C1. The zero-order valence-electron chi connectivity index (χ0n) is 10.7. The average Bonchev–Trinajstić information content (AvgIpc) is 3.03. The van der Waals surface area contributed by atoms with Crippen LogP contribution in [-0.2, 0) is 4.74 Å². The molecule has 3 heteroatoms. The molecule has 3 fully saturated rings. The molecule has 3 aliphatic rings. The van der Waals surface area contributed by atoms with Gasteiger partial charge in [-0.1, -0.05) is 28.8 Å². The van der Waals surface area contributed by atoms with Gasteiger partial charge in [-0.05, 0) is 44.6 Å². The highest BCUT2D eigenvalue weighted by atomic mass is 79.9. The minimum atomic E-state index is 0.319. The quantitative estimate of drug-likeness (QED) is 0.742. The normalized spacial score (nSPS) is 37.2. The van der Waals surface area contributed by atoms with Crippen LogP contribution < -0.4 is 0 Å². The Morgan fingerprint density at radius 3 is 2.71 bits per heavy atom.